The quantitative estimate of drug-likeness (QED) is 0.930. The van der Waals surface area contributed by atoms with Crippen molar-refractivity contribution in [2.75, 3.05) is 43.6 Å². The number of thioether (sulfide) groups is 1. The van der Waals surface area contributed by atoms with Gasteiger partial charge in [-0.15, -0.1) is 11.8 Å². The molecule has 0 atom stereocenters. The minimum Gasteiger partial charge on any atom is -0.396 e. The van der Waals surface area contributed by atoms with Crippen molar-refractivity contribution < 1.29 is 9.84 Å². The Balaban J connectivity index is 1.85. The van der Waals surface area contributed by atoms with E-state index in [1.54, 1.807) is 0 Å². The summed E-state index contributed by atoms with van der Waals surface area (Å²) in [6.45, 7) is 3.41. The second-order valence-corrected chi connectivity index (χ2v) is 6.96. The molecule has 0 aromatic heterocycles. The fourth-order valence-corrected chi connectivity index (χ4v) is 3.90. The number of aliphatic hydroxyl groups is 1. The van der Waals surface area contributed by atoms with Gasteiger partial charge in [-0.05, 0) is 30.4 Å². The van der Waals surface area contributed by atoms with Crippen LogP contribution in [-0.2, 0) is 4.74 Å². The van der Waals surface area contributed by atoms with Crippen LogP contribution in [0.15, 0.2) is 23.1 Å². The fourth-order valence-electron chi connectivity index (χ4n) is 2.62. The molecule has 1 aromatic rings. The van der Waals surface area contributed by atoms with Crippen LogP contribution in [0.3, 0.4) is 0 Å². The minimum atomic E-state index is -0.0775. The van der Waals surface area contributed by atoms with E-state index in [0.29, 0.717) is 13.2 Å². The molecule has 0 bridgehead atoms. The molecule has 5 heteroatoms. The van der Waals surface area contributed by atoms with Crippen molar-refractivity contribution in [3.8, 4) is 0 Å². The smallest absolute Gasteiger partial charge is 0.0584 e. The third-order valence-electron chi connectivity index (χ3n) is 3.77. The standard InChI is InChI=1S/C14H18ClNO2S/c15-11-2-3-12-13(6-11)19-5-1-4-16(12)7-14(8-17)9-18-10-14/h2-3,6,17H,1,4-5,7-10H2. The molecular formula is C14H18ClNO2S. The lowest BCUT2D eigenvalue weighted by molar-refractivity contribution is -0.131. The molecule has 1 saturated heterocycles. The van der Waals surface area contributed by atoms with E-state index in [4.69, 9.17) is 16.3 Å². The summed E-state index contributed by atoms with van der Waals surface area (Å²) in [6.07, 6.45) is 1.15. The molecule has 0 saturated carbocycles. The second-order valence-electron chi connectivity index (χ2n) is 5.39. The lowest BCUT2D eigenvalue weighted by atomic mass is 9.86. The van der Waals surface area contributed by atoms with Gasteiger partial charge in [-0.3, -0.25) is 0 Å². The highest BCUT2D eigenvalue weighted by atomic mass is 35.5. The summed E-state index contributed by atoms with van der Waals surface area (Å²) in [5, 5.41) is 10.4. The molecule has 2 aliphatic heterocycles. The molecule has 0 radical (unpaired) electrons. The van der Waals surface area contributed by atoms with Gasteiger partial charge >= 0.3 is 0 Å². The average molecular weight is 300 g/mol. The lowest BCUT2D eigenvalue weighted by Gasteiger charge is -2.44. The molecule has 104 valence electrons. The molecule has 0 aliphatic carbocycles. The van der Waals surface area contributed by atoms with E-state index in [1.807, 2.05) is 23.9 Å². The summed E-state index contributed by atoms with van der Waals surface area (Å²) in [7, 11) is 0. The summed E-state index contributed by atoms with van der Waals surface area (Å²) in [6, 6.07) is 6.09. The molecule has 1 aromatic carbocycles. The number of benzene rings is 1. The first-order chi connectivity index (χ1) is 9.22. The number of aliphatic hydroxyl groups excluding tert-OH is 1. The van der Waals surface area contributed by atoms with Gasteiger partial charge in [-0.2, -0.15) is 0 Å². The largest absolute Gasteiger partial charge is 0.396 e. The highest BCUT2D eigenvalue weighted by molar-refractivity contribution is 7.99. The number of halogens is 1. The van der Waals surface area contributed by atoms with Gasteiger partial charge in [0.1, 0.15) is 0 Å². The van der Waals surface area contributed by atoms with Crippen LogP contribution < -0.4 is 4.90 Å². The molecule has 2 aliphatic rings. The second kappa shape index (κ2) is 5.52. The molecule has 0 amide bonds. The fraction of sp³-hybridized carbons (Fsp3) is 0.571. The van der Waals surface area contributed by atoms with Crippen LogP contribution in [0.25, 0.3) is 0 Å². The Bertz CT molecular complexity index is 459. The van der Waals surface area contributed by atoms with Crippen molar-refractivity contribution >= 4 is 29.1 Å². The van der Waals surface area contributed by atoms with Gasteiger partial charge in [0.25, 0.3) is 0 Å². The maximum atomic E-state index is 9.60. The summed E-state index contributed by atoms with van der Waals surface area (Å²) in [5.41, 5.74) is 1.16. The Morgan fingerprint density at radius 3 is 2.95 bits per heavy atom. The average Bonchev–Trinajstić information content (AvgIpc) is 2.55. The van der Waals surface area contributed by atoms with E-state index in [2.05, 4.69) is 11.0 Å². The van der Waals surface area contributed by atoms with E-state index >= 15 is 0 Å². The number of fused-ring (bicyclic) bond motifs is 1. The van der Waals surface area contributed by atoms with Gasteiger partial charge in [-0.25, -0.2) is 0 Å². The van der Waals surface area contributed by atoms with Crippen molar-refractivity contribution in [2.45, 2.75) is 11.3 Å². The Morgan fingerprint density at radius 1 is 1.42 bits per heavy atom. The Kier molecular flexibility index (Phi) is 3.94. The molecule has 19 heavy (non-hydrogen) atoms. The van der Waals surface area contributed by atoms with Crippen LogP contribution in [-0.4, -0.2) is 43.8 Å². The highest BCUT2D eigenvalue weighted by Crippen LogP contribution is 2.38. The van der Waals surface area contributed by atoms with Crippen LogP contribution in [0.1, 0.15) is 6.42 Å². The van der Waals surface area contributed by atoms with E-state index in [0.717, 1.165) is 30.3 Å². The maximum Gasteiger partial charge on any atom is 0.0584 e. The zero-order valence-electron chi connectivity index (χ0n) is 10.8. The van der Waals surface area contributed by atoms with Crippen molar-refractivity contribution in [1.82, 2.24) is 0 Å². The van der Waals surface area contributed by atoms with Gasteiger partial charge < -0.3 is 14.7 Å². The third-order valence-corrected chi connectivity index (χ3v) is 5.14. The van der Waals surface area contributed by atoms with E-state index in [9.17, 15) is 5.11 Å². The van der Waals surface area contributed by atoms with E-state index in [1.165, 1.54) is 10.6 Å². The highest BCUT2D eigenvalue weighted by Gasteiger charge is 2.40. The zero-order chi connectivity index (χ0) is 13.3. The number of hydrogen-bond donors (Lipinski definition) is 1. The number of hydrogen-bond acceptors (Lipinski definition) is 4. The van der Waals surface area contributed by atoms with E-state index < -0.39 is 0 Å². The first-order valence-electron chi connectivity index (χ1n) is 6.58. The van der Waals surface area contributed by atoms with Gasteiger partial charge in [0.05, 0.1) is 30.9 Å². The summed E-state index contributed by atoms with van der Waals surface area (Å²) in [5.74, 6) is 1.12. The van der Waals surface area contributed by atoms with Crippen LogP contribution in [0, 0.1) is 5.41 Å². The van der Waals surface area contributed by atoms with Crippen LogP contribution >= 0.6 is 23.4 Å². The molecule has 1 fully saturated rings. The van der Waals surface area contributed by atoms with Crippen LogP contribution in [0.4, 0.5) is 5.69 Å². The number of nitrogens with zero attached hydrogens (tertiary/aromatic N) is 1. The Labute approximate surface area is 122 Å². The first kappa shape index (κ1) is 13.6. The molecule has 0 spiro atoms. The predicted molar refractivity (Wildman–Crippen MR) is 79.3 cm³/mol. The van der Waals surface area contributed by atoms with Gasteiger partial charge in [0, 0.05) is 23.0 Å². The van der Waals surface area contributed by atoms with Gasteiger partial charge in [0.15, 0.2) is 0 Å². The Morgan fingerprint density at radius 2 is 2.26 bits per heavy atom. The van der Waals surface area contributed by atoms with Gasteiger partial charge in [-0.1, -0.05) is 11.6 Å². The van der Waals surface area contributed by atoms with Crippen molar-refractivity contribution in [3.63, 3.8) is 0 Å². The zero-order valence-corrected chi connectivity index (χ0v) is 12.3. The molecule has 0 unspecified atom stereocenters. The third kappa shape index (κ3) is 2.72. The molecule has 2 heterocycles. The number of ether oxygens (including phenoxy) is 1. The predicted octanol–water partition coefficient (Wildman–Crippen LogP) is 2.65. The van der Waals surface area contributed by atoms with Crippen molar-refractivity contribution in [3.05, 3.63) is 23.2 Å². The first-order valence-corrected chi connectivity index (χ1v) is 7.95. The summed E-state index contributed by atoms with van der Waals surface area (Å²) < 4.78 is 5.30. The van der Waals surface area contributed by atoms with E-state index in [-0.39, 0.29) is 12.0 Å². The lowest BCUT2D eigenvalue weighted by Crippen LogP contribution is -2.53. The molecular weight excluding hydrogens is 282 g/mol. The summed E-state index contributed by atoms with van der Waals surface area (Å²) >= 11 is 7.95. The van der Waals surface area contributed by atoms with Gasteiger partial charge in [0.2, 0.25) is 0 Å². The molecule has 1 N–H and O–H groups in total. The topological polar surface area (TPSA) is 32.7 Å². The molecule has 3 rings (SSSR count). The summed E-state index contributed by atoms with van der Waals surface area (Å²) in [4.78, 5) is 3.63. The van der Waals surface area contributed by atoms with Crippen LogP contribution in [0.5, 0.6) is 0 Å². The monoisotopic (exact) mass is 299 g/mol. The maximum absolute atomic E-state index is 9.60. The van der Waals surface area contributed by atoms with Crippen molar-refractivity contribution in [2.24, 2.45) is 5.41 Å². The number of rotatable bonds is 3. The van der Waals surface area contributed by atoms with Crippen molar-refractivity contribution in [1.29, 1.82) is 0 Å². The SMILES string of the molecule is OCC1(CN2CCCSc3cc(Cl)ccc32)COC1. The normalized spacial score (nSPS) is 21.5. The number of anilines is 1. The van der Waals surface area contributed by atoms with Crippen LogP contribution in [0.2, 0.25) is 5.02 Å². The Hall–Kier alpha value is -0.420. The molecule has 3 nitrogen and oxygen atoms in total. The minimum absolute atomic E-state index is 0.0775.